The molecule has 0 N–H and O–H groups in total. The van der Waals surface area contributed by atoms with E-state index in [0.717, 1.165) is 5.75 Å². The summed E-state index contributed by atoms with van der Waals surface area (Å²) in [6, 6.07) is 8.20. The van der Waals surface area contributed by atoms with Gasteiger partial charge in [-0.2, -0.15) is 0 Å². The van der Waals surface area contributed by atoms with Crippen LogP contribution in [0.15, 0.2) is 24.3 Å². The summed E-state index contributed by atoms with van der Waals surface area (Å²) >= 11 is 0. The minimum atomic E-state index is -1.14. The number of hydrogen-bond donors (Lipinski definition) is 0. The Morgan fingerprint density at radius 3 is 2.13 bits per heavy atom. The van der Waals surface area contributed by atoms with Crippen molar-refractivity contribution in [3.8, 4) is 5.75 Å². The number of methoxy groups -OCH3 is 1. The average Bonchev–Trinajstić information content (AvgIpc) is 2.97. The number of rotatable bonds is 3. The van der Waals surface area contributed by atoms with E-state index in [1.54, 1.807) is 7.11 Å². The van der Waals surface area contributed by atoms with Crippen LogP contribution in [0.2, 0.25) is 19.6 Å². The molecule has 1 aromatic rings. The van der Waals surface area contributed by atoms with Crippen LogP contribution in [-0.2, 0) is 4.74 Å². The van der Waals surface area contributed by atoms with Crippen molar-refractivity contribution >= 4 is 8.07 Å². The third kappa shape index (κ3) is 2.24. The zero-order valence-electron chi connectivity index (χ0n) is 9.78. The van der Waals surface area contributed by atoms with E-state index in [1.165, 1.54) is 5.56 Å². The highest BCUT2D eigenvalue weighted by molar-refractivity contribution is 6.78. The molecule has 1 heterocycles. The molecule has 2 unspecified atom stereocenters. The Morgan fingerprint density at radius 1 is 1.13 bits per heavy atom. The number of ether oxygens (including phenoxy) is 2. The molecular weight excluding hydrogens is 204 g/mol. The SMILES string of the molecule is COc1ccc(C2OC2[Si](C)(C)C)cc1. The van der Waals surface area contributed by atoms with E-state index in [-0.39, 0.29) is 0 Å². The highest BCUT2D eigenvalue weighted by Crippen LogP contribution is 2.44. The van der Waals surface area contributed by atoms with Crippen molar-refractivity contribution in [1.82, 2.24) is 0 Å². The molecule has 1 saturated heterocycles. The van der Waals surface area contributed by atoms with Gasteiger partial charge in [0.1, 0.15) is 11.9 Å². The fraction of sp³-hybridized carbons (Fsp3) is 0.500. The summed E-state index contributed by atoms with van der Waals surface area (Å²) in [5.74, 6) is 0.906. The molecule has 2 rings (SSSR count). The largest absolute Gasteiger partial charge is 0.497 e. The molecule has 2 atom stereocenters. The predicted octanol–water partition coefficient (Wildman–Crippen LogP) is 3.01. The van der Waals surface area contributed by atoms with Crippen LogP contribution in [0.3, 0.4) is 0 Å². The highest BCUT2D eigenvalue weighted by atomic mass is 28.3. The van der Waals surface area contributed by atoms with Crippen molar-refractivity contribution < 1.29 is 9.47 Å². The summed E-state index contributed by atoms with van der Waals surface area (Å²) in [6.45, 7) is 7.05. The van der Waals surface area contributed by atoms with Gasteiger partial charge in [-0.25, -0.2) is 0 Å². The molecule has 0 aromatic heterocycles. The third-order valence-electron chi connectivity index (χ3n) is 2.79. The van der Waals surface area contributed by atoms with Gasteiger partial charge < -0.3 is 9.47 Å². The van der Waals surface area contributed by atoms with E-state index < -0.39 is 8.07 Å². The molecule has 1 aromatic carbocycles. The van der Waals surface area contributed by atoms with Gasteiger partial charge in [0.25, 0.3) is 0 Å². The summed E-state index contributed by atoms with van der Waals surface area (Å²) in [5, 5.41) is 0. The smallest absolute Gasteiger partial charge is 0.118 e. The monoisotopic (exact) mass is 222 g/mol. The summed E-state index contributed by atoms with van der Waals surface area (Å²) in [6.07, 6.45) is 0.336. The third-order valence-corrected chi connectivity index (χ3v) is 4.94. The van der Waals surface area contributed by atoms with Crippen molar-refractivity contribution in [2.75, 3.05) is 7.11 Å². The maximum atomic E-state index is 5.76. The van der Waals surface area contributed by atoms with Crippen LogP contribution in [0.4, 0.5) is 0 Å². The summed E-state index contributed by atoms with van der Waals surface area (Å²) in [4.78, 5) is 0. The van der Waals surface area contributed by atoms with E-state index in [2.05, 4.69) is 31.8 Å². The highest BCUT2D eigenvalue weighted by Gasteiger charge is 2.48. The Labute approximate surface area is 92.2 Å². The van der Waals surface area contributed by atoms with Gasteiger partial charge in [-0.1, -0.05) is 31.8 Å². The van der Waals surface area contributed by atoms with E-state index in [1.807, 2.05) is 12.1 Å². The van der Waals surface area contributed by atoms with Gasteiger partial charge in [0.2, 0.25) is 0 Å². The molecule has 1 aliphatic heterocycles. The topological polar surface area (TPSA) is 21.8 Å². The molecule has 1 aliphatic rings. The quantitative estimate of drug-likeness (QED) is 0.579. The molecule has 0 aliphatic carbocycles. The van der Waals surface area contributed by atoms with Crippen molar-refractivity contribution in [3.63, 3.8) is 0 Å². The van der Waals surface area contributed by atoms with Crippen LogP contribution in [0, 0.1) is 0 Å². The lowest BCUT2D eigenvalue weighted by Crippen LogP contribution is -2.29. The fourth-order valence-electron chi connectivity index (χ4n) is 1.82. The molecule has 15 heavy (non-hydrogen) atoms. The van der Waals surface area contributed by atoms with Gasteiger partial charge >= 0.3 is 0 Å². The number of epoxide rings is 1. The number of benzene rings is 1. The van der Waals surface area contributed by atoms with Gasteiger partial charge in [-0.05, 0) is 17.7 Å². The van der Waals surface area contributed by atoms with Crippen molar-refractivity contribution in [2.24, 2.45) is 0 Å². The molecular formula is C12H18O2Si. The Balaban J connectivity index is 2.07. The predicted molar refractivity (Wildman–Crippen MR) is 64.0 cm³/mol. The van der Waals surface area contributed by atoms with Crippen molar-refractivity contribution in [2.45, 2.75) is 31.5 Å². The van der Waals surface area contributed by atoms with Crippen molar-refractivity contribution in [3.05, 3.63) is 29.8 Å². The van der Waals surface area contributed by atoms with Crippen LogP contribution in [0.5, 0.6) is 5.75 Å². The standard InChI is InChI=1S/C12H18O2Si/c1-13-10-7-5-9(6-8-10)11-12(14-11)15(2,3)4/h5-8,11-12H,1-4H3. The normalized spacial score (nSPS) is 25.1. The van der Waals surface area contributed by atoms with Crippen LogP contribution in [0.1, 0.15) is 11.7 Å². The maximum Gasteiger partial charge on any atom is 0.118 e. The molecule has 0 bridgehead atoms. The minimum Gasteiger partial charge on any atom is -0.497 e. The molecule has 0 spiro atoms. The van der Waals surface area contributed by atoms with Gasteiger partial charge in [-0.3, -0.25) is 0 Å². The zero-order chi connectivity index (χ0) is 11.1. The first-order valence-corrected chi connectivity index (χ1v) is 8.89. The van der Waals surface area contributed by atoms with Gasteiger partial charge in [-0.15, -0.1) is 0 Å². The fourth-order valence-corrected chi connectivity index (χ4v) is 3.47. The number of hydrogen-bond acceptors (Lipinski definition) is 2. The van der Waals surface area contributed by atoms with Crippen LogP contribution < -0.4 is 4.74 Å². The lowest BCUT2D eigenvalue weighted by atomic mass is 10.1. The molecule has 0 saturated carbocycles. The molecule has 2 nitrogen and oxygen atoms in total. The molecule has 0 amide bonds. The zero-order valence-corrected chi connectivity index (χ0v) is 10.8. The van der Waals surface area contributed by atoms with Crippen LogP contribution in [-0.4, -0.2) is 20.9 Å². The van der Waals surface area contributed by atoms with Gasteiger partial charge in [0, 0.05) is 0 Å². The van der Waals surface area contributed by atoms with Crippen molar-refractivity contribution in [1.29, 1.82) is 0 Å². The Hall–Kier alpha value is -0.803. The van der Waals surface area contributed by atoms with E-state index in [9.17, 15) is 0 Å². The summed E-state index contributed by atoms with van der Waals surface area (Å²) in [7, 11) is 0.543. The lowest BCUT2D eigenvalue weighted by molar-refractivity contribution is 0.399. The van der Waals surface area contributed by atoms with E-state index >= 15 is 0 Å². The van der Waals surface area contributed by atoms with Crippen LogP contribution in [0.25, 0.3) is 0 Å². The molecule has 1 fully saturated rings. The maximum absolute atomic E-state index is 5.76. The first kappa shape index (κ1) is 10.7. The molecule has 82 valence electrons. The first-order valence-electron chi connectivity index (χ1n) is 5.32. The lowest BCUT2D eigenvalue weighted by Gasteiger charge is -2.11. The Kier molecular flexibility index (Phi) is 2.60. The molecule has 0 radical (unpaired) electrons. The second kappa shape index (κ2) is 3.65. The molecule has 3 heteroatoms. The Morgan fingerprint density at radius 2 is 1.73 bits per heavy atom. The van der Waals surface area contributed by atoms with E-state index in [0.29, 0.717) is 11.8 Å². The second-order valence-electron chi connectivity index (χ2n) is 5.12. The second-order valence-corrected chi connectivity index (χ2v) is 10.4. The minimum absolute atomic E-state index is 0.336. The van der Waals surface area contributed by atoms with Gasteiger partial charge in [0.05, 0.1) is 20.9 Å². The van der Waals surface area contributed by atoms with Gasteiger partial charge in [0.15, 0.2) is 0 Å². The average molecular weight is 222 g/mol. The first-order chi connectivity index (χ1) is 7.02. The summed E-state index contributed by atoms with van der Waals surface area (Å²) < 4.78 is 10.9. The van der Waals surface area contributed by atoms with Crippen LogP contribution >= 0.6 is 0 Å². The Bertz CT molecular complexity index is 340. The summed E-state index contributed by atoms with van der Waals surface area (Å²) in [5.41, 5.74) is 1.77. The van der Waals surface area contributed by atoms with E-state index in [4.69, 9.17) is 9.47 Å².